The topological polar surface area (TPSA) is 129 Å². The monoisotopic (exact) mass is 537 g/mol. The average molecular weight is 538 g/mol. The molecule has 3 fully saturated rings. The zero-order valence-electron chi connectivity index (χ0n) is 23.3. The van der Waals surface area contributed by atoms with Gasteiger partial charge in [0.2, 0.25) is 17.7 Å². The van der Waals surface area contributed by atoms with E-state index in [0.717, 1.165) is 131 Å². The lowest BCUT2D eigenvalue weighted by atomic mass is 9.90. The second-order valence-electron chi connectivity index (χ2n) is 14.2. The van der Waals surface area contributed by atoms with Crippen LogP contribution in [0.4, 0.5) is 0 Å². The van der Waals surface area contributed by atoms with Crippen molar-refractivity contribution in [1.82, 2.24) is 0 Å². The molecule has 6 aliphatic heterocycles. The molecule has 0 aliphatic carbocycles. The van der Waals surface area contributed by atoms with Gasteiger partial charge in [0.15, 0.2) is 0 Å². The molecule has 210 valence electrons. The molecular weight excluding hydrogens is 492 g/mol. The van der Waals surface area contributed by atoms with Gasteiger partial charge in [0, 0.05) is 89.7 Å². The van der Waals surface area contributed by atoms with Crippen LogP contribution in [-0.2, 0) is 53.7 Å². The Labute approximate surface area is 231 Å². The molecule has 0 unspecified atom stereocenters. The standard InChI is InChI=1S/C30H42N6O3/c31-28(37)19-1-7-34(8-2-19)13-22-23(14-34)25-16-36(11-5-21(6-12-36)30(33)39)18-27(25)26-17-35(15-24(22)26)9-3-20(4-10-35)29(32)38/h19-21H,1-18H2,(H3-3,31,32,33,37,38,39)/p+3. The average Bonchev–Trinajstić information content (AvgIpc) is 3.57. The van der Waals surface area contributed by atoms with Crippen LogP contribution in [0.15, 0.2) is 0 Å². The van der Waals surface area contributed by atoms with Crippen LogP contribution in [0.3, 0.4) is 0 Å². The summed E-state index contributed by atoms with van der Waals surface area (Å²) in [5, 5.41) is 0. The number of fused-ring (bicyclic) bond motifs is 6. The van der Waals surface area contributed by atoms with Crippen molar-refractivity contribution >= 4 is 17.7 Å². The van der Waals surface area contributed by atoms with Gasteiger partial charge in [-0.3, -0.25) is 14.4 Å². The number of quaternary nitrogens is 3. The lowest BCUT2D eigenvalue weighted by molar-refractivity contribution is -0.954. The van der Waals surface area contributed by atoms with E-state index in [2.05, 4.69) is 0 Å². The third kappa shape index (κ3) is 4.03. The highest BCUT2D eigenvalue weighted by Crippen LogP contribution is 2.50. The number of primary amides is 3. The highest BCUT2D eigenvalue weighted by Gasteiger charge is 2.53. The number of amides is 3. The number of piperidine rings is 3. The Bertz CT molecular complexity index is 1030. The van der Waals surface area contributed by atoms with E-state index >= 15 is 0 Å². The first kappa shape index (κ1) is 25.5. The van der Waals surface area contributed by atoms with E-state index in [1.807, 2.05) is 0 Å². The minimum Gasteiger partial charge on any atom is -0.369 e. The normalized spacial score (nSPS) is 38.6. The largest absolute Gasteiger partial charge is 0.369 e. The Morgan fingerprint density at radius 1 is 0.410 bits per heavy atom. The van der Waals surface area contributed by atoms with Crippen molar-refractivity contribution in [2.75, 3.05) is 39.3 Å². The summed E-state index contributed by atoms with van der Waals surface area (Å²) in [6.45, 7) is 12.7. The minimum atomic E-state index is -0.136. The molecular formula is C30H45N6O3+3. The maximum absolute atomic E-state index is 11.9. The fourth-order valence-corrected chi connectivity index (χ4v) is 9.57. The molecule has 0 atom stereocenters. The molecule has 0 aromatic heterocycles. The van der Waals surface area contributed by atoms with Crippen molar-refractivity contribution < 1.29 is 27.8 Å². The van der Waals surface area contributed by atoms with Gasteiger partial charge >= 0.3 is 0 Å². The van der Waals surface area contributed by atoms with Gasteiger partial charge in [-0.25, -0.2) is 0 Å². The zero-order chi connectivity index (χ0) is 27.2. The van der Waals surface area contributed by atoms with E-state index in [0.29, 0.717) is 0 Å². The van der Waals surface area contributed by atoms with Crippen molar-refractivity contribution in [2.45, 2.75) is 77.8 Å². The van der Waals surface area contributed by atoms with Gasteiger partial charge in [-0.15, -0.1) is 0 Å². The summed E-state index contributed by atoms with van der Waals surface area (Å²) in [7, 11) is 0. The van der Waals surface area contributed by atoms with E-state index in [4.69, 9.17) is 17.2 Å². The summed E-state index contributed by atoms with van der Waals surface area (Å²) >= 11 is 0. The number of hydrogen-bond donors (Lipinski definition) is 3. The van der Waals surface area contributed by atoms with Gasteiger partial charge in [-0.05, 0) is 0 Å². The van der Waals surface area contributed by atoms with Gasteiger partial charge in [0.05, 0.1) is 39.3 Å². The molecule has 9 heteroatoms. The van der Waals surface area contributed by atoms with E-state index in [9.17, 15) is 14.4 Å². The number of hydrogen-bond acceptors (Lipinski definition) is 3. The lowest BCUT2D eigenvalue weighted by Crippen LogP contribution is -2.51. The van der Waals surface area contributed by atoms with Crippen molar-refractivity contribution in [3.8, 4) is 0 Å². The first-order valence-corrected chi connectivity index (χ1v) is 15.2. The van der Waals surface area contributed by atoms with Crippen LogP contribution in [0, 0.1) is 17.8 Å². The van der Waals surface area contributed by atoms with Crippen LogP contribution in [0.25, 0.3) is 0 Å². The molecule has 1 aromatic rings. The van der Waals surface area contributed by atoms with Crippen LogP contribution in [0.2, 0.25) is 0 Å². The Hall–Kier alpha value is -2.49. The Balaban J connectivity index is 1.22. The second-order valence-corrected chi connectivity index (χ2v) is 14.2. The highest BCUT2D eigenvalue weighted by atomic mass is 16.2. The fraction of sp³-hybridized carbons (Fsp3) is 0.700. The van der Waals surface area contributed by atoms with Crippen LogP contribution in [0.1, 0.15) is 71.9 Å². The number of nitrogens with two attached hydrogens (primary N) is 3. The summed E-state index contributed by atoms with van der Waals surface area (Å²) < 4.78 is 3.24. The fourth-order valence-electron chi connectivity index (χ4n) is 9.57. The third-order valence-electron chi connectivity index (χ3n) is 12.1. The minimum absolute atomic E-state index is 0.0228. The molecule has 6 heterocycles. The molecule has 1 aromatic carbocycles. The van der Waals surface area contributed by atoms with Crippen molar-refractivity contribution in [1.29, 1.82) is 0 Å². The molecule has 0 bridgehead atoms. The summed E-state index contributed by atoms with van der Waals surface area (Å²) in [6, 6.07) is 0. The number of rotatable bonds is 3. The first-order chi connectivity index (χ1) is 18.6. The molecule has 6 N–H and O–H groups in total. The zero-order valence-corrected chi connectivity index (χ0v) is 23.3. The Kier molecular flexibility index (Phi) is 5.72. The van der Waals surface area contributed by atoms with E-state index < -0.39 is 0 Å². The molecule has 0 saturated carbocycles. The van der Waals surface area contributed by atoms with Crippen LogP contribution in [0.5, 0.6) is 0 Å². The van der Waals surface area contributed by atoms with Crippen molar-refractivity contribution in [3.63, 3.8) is 0 Å². The van der Waals surface area contributed by atoms with Gasteiger partial charge in [0.1, 0.15) is 39.3 Å². The smallest absolute Gasteiger partial charge is 0.220 e. The van der Waals surface area contributed by atoms with Gasteiger partial charge < -0.3 is 30.7 Å². The van der Waals surface area contributed by atoms with Gasteiger partial charge in [-0.2, -0.15) is 0 Å². The Morgan fingerprint density at radius 3 is 0.744 bits per heavy atom. The molecule has 7 rings (SSSR count). The summed E-state index contributed by atoms with van der Waals surface area (Å²) in [6.07, 6.45) is 5.40. The van der Waals surface area contributed by atoms with E-state index in [-0.39, 0.29) is 35.5 Å². The SMILES string of the molecule is NC(=O)C1CC[N+]2(CC1)Cc1c3c(c4c(c1C2)C[N+]1(CCC(C(N)=O)CC1)C4)C[N+]1(CCC(C(N)=O)CC1)C3. The molecule has 6 aliphatic rings. The predicted molar refractivity (Wildman–Crippen MR) is 144 cm³/mol. The molecule has 3 saturated heterocycles. The molecule has 39 heavy (non-hydrogen) atoms. The van der Waals surface area contributed by atoms with Gasteiger partial charge in [-0.1, -0.05) is 0 Å². The number of carbonyl (C=O) groups excluding carboxylic acids is 3. The molecule has 0 radical (unpaired) electrons. The molecule has 3 amide bonds. The van der Waals surface area contributed by atoms with E-state index in [1.54, 1.807) is 33.4 Å². The van der Waals surface area contributed by atoms with Crippen molar-refractivity contribution in [2.24, 2.45) is 35.0 Å². The number of nitrogens with zero attached hydrogens (tertiary/aromatic N) is 3. The summed E-state index contributed by atoms with van der Waals surface area (Å²) in [5.74, 6) is -0.340. The predicted octanol–water partition coefficient (Wildman–Crippen LogP) is 0.864. The Morgan fingerprint density at radius 2 is 0.590 bits per heavy atom. The lowest BCUT2D eigenvalue weighted by Gasteiger charge is -2.40. The molecule has 3 spiro atoms. The van der Waals surface area contributed by atoms with E-state index in [1.165, 1.54) is 0 Å². The quantitative estimate of drug-likeness (QED) is 0.495. The number of benzene rings is 1. The summed E-state index contributed by atoms with van der Waals surface area (Å²) in [4.78, 5) is 35.7. The van der Waals surface area contributed by atoms with Crippen LogP contribution < -0.4 is 17.2 Å². The van der Waals surface area contributed by atoms with Crippen LogP contribution in [-0.4, -0.2) is 70.4 Å². The summed E-state index contributed by atoms with van der Waals surface area (Å²) in [5.41, 5.74) is 26.7. The first-order valence-electron chi connectivity index (χ1n) is 15.2. The van der Waals surface area contributed by atoms with Gasteiger partial charge in [0.25, 0.3) is 0 Å². The second kappa shape index (κ2) is 8.75. The number of carbonyl (C=O) groups is 3. The van der Waals surface area contributed by atoms with Crippen molar-refractivity contribution in [3.05, 3.63) is 33.4 Å². The highest BCUT2D eigenvalue weighted by molar-refractivity contribution is 5.77. The van der Waals surface area contributed by atoms with Crippen LogP contribution >= 0.6 is 0 Å². The molecule has 9 nitrogen and oxygen atoms in total. The maximum atomic E-state index is 11.9. The third-order valence-corrected chi connectivity index (χ3v) is 12.1. The maximum Gasteiger partial charge on any atom is 0.220 e.